The lowest BCUT2D eigenvalue weighted by Crippen LogP contribution is -2.39. The first kappa shape index (κ1) is 15.1. The second-order valence-corrected chi connectivity index (χ2v) is 6.62. The Bertz CT molecular complexity index is 1100. The fourth-order valence-electron chi connectivity index (χ4n) is 3.21. The summed E-state index contributed by atoms with van der Waals surface area (Å²) in [5, 5.41) is 7.43. The van der Waals surface area contributed by atoms with Gasteiger partial charge in [0.05, 0.1) is 18.3 Å². The van der Waals surface area contributed by atoms with Crippen LogP contribution in [0.4, 0.5) is 10.3 Å². The summed E-state index contributed by atoms with van der Waals surface area (Å²) >= 11 is 0. The summed E-state index contributed by atoms with van der Waals surface area (Å²) in [4.78, 5) is 17.2. The predicted molar refractivity (Wildman–Crippen MR) is 95.5 cm³/mol. The highest BCUT2D eigenvalue weighted by atomic mass is 19.1. The molecule has 1 fully saturated rings. The van der Waals surface area contributed by atoms with Gasteiger partial charge in [0, 0.05) is 35.9 Å². The Hall–Kier alpha value is -3.16. The molecule has 0 aliphatic heterocycles. The summed E-state index contributed by atoms with van der Waals surface area (Å²) in [5.41, 5.74) is 2.95. The second kappa shape index (κ2) is 5.69. The summed E-state index contributed by atoms with van der Waals surface area (Å²) in [6.45, 7) is 0.250. The van der Waals surface area contributed by atoms with Crippen LogP contribution in [0.5, 0.6) is 0 Å². The smallest absolute Gasteiger partial charge is 0.241 e. The lowest BCUT2D eigenvalue weighted by Gasteiger charge is -2.33. The minimum Gasteiger partial charge on any atom is -0.350 e. The molecule has 7 nitrogen and oxygen atoms in total. The summed E-state index contributed by atoms with van der Waals surface area (Å²) in [5.74, 6) is 0.422. The second-order valence-electron chi connectivity index (χ2n) is 6.62. The van der Waals surface area contributed by atoms with Gasteiger partial charge >= 0.3 is 0 Å². The van der Waals surface area contributed by atoms with Crippen molar-refractivity contribution in [2.24, 2.45) is 0 Å². The number of anilines is 1. The lowest BCUT2D eigenvalue weighted by atomic mass is 9.82. The number of rotatable bonds is 4. The van der Waals surface area contributed by atoms with E-state index in [9.17, 15) is 4.39 Å². The Morgan fingerprint density at radius 1 is 1.12 bits per heavy atom. The van der Waals surface area contributed by atoms with Gasteiger partial charge < -0.3 is 5.32 Å². The molecular weight excluding hydrogens is 333 g/mol. The van der Waals surface area contributed by atoms with Crippen molar-refractivity contribution in [2.75, 3.05) is 11.9 Å². The van der Waals surface area contributed by atoms with Gasteiger partial charge in [0.2, 0.25) is 5.95 Å². The molecule has 1 aliphatic rings. The highest BCUT2D eigenvalue weighted by Gasteiger charge is 2.36. The Morgan fingerprint density at radius 2 is 2.00 bits per heavy atom. The molecule has 1 saturated carbocycles. The maximum Gasteiger partial charge on any atom is 0.241 e. The van der Waals surface area contributed by atoms with Crippen LogP contribution in [0.2, 0.25) is 0 Å². The van der Waals surface area contributed by atoms with Crippen LogP contribution in [0.25, 0.3) is 27.8 Å². The first-order valence-corrected chi connectivity index (χ1v) is 8.55. The van der Waals surface area contributed by atoms with Crippen molar-refractivity contribution in [1.29, 1.82) is 0 Å². The van der Waals surface area contributed by atoms with Crippen LogP contribution in [-0.4, -0.2) is 41.8 Å². The van der Waals surface area contributed by atoms with E-state index in [1.807, 2.05) is 18.3 Å². The minimum atomic E-state index is -1.11. The van der Waals surface area contributed by atoms with Crippen LogP contribution in [0.3, 0.4) is 0 Å². The number of nitrogens with zero attached hydrogens (tertiary/aromatic N) is 6. The van der Waals surface area contributed by atoms with Gasteiger partial charge in [-0.25, -0.2) is 23.9 Å². The molecule has 1 N–H and O–H groups in total. The maximum absolute atomic E-state index is 14.1. The van der Waals surface area contributed by atoms with Gasteiger partial charge in [-0.1, -0.05) is 0 Å². The topological polar surface area (TPSA) is 80.9 Å². The molecule has 4 aromatic heterocycles. The number of nitrogens with one attached hydrogen (secondary N) is 1. The molecule has 0 bridgehead atoms. The fraction of sp³-hybridized carbons (Fsp3) is 0.278. The molecular formula is C18H16FN7. The highest BCUT2D eigenvalue weighted by molar-refractivity contribution is 5.84. The molecule has 0 spiro atoms. The standard InChI is InChI=1S/C18H16FN7/c19-18(3-1-4-18)11-24-17-23-10-15-13(2-7-26(15)25-17)12-8-14-16(22-9-12)21-6-5-20-14/h2,5-10H,1,3-4,11H2,(H,24,25). The maximum atomic E-state index is 14.1. The van der Waals surface area contributed by atoms with Gasteiger partial charge in [-0.3, -0.25) is 4.98 Å². The van der Waals surface area contributed by atoms with Crippen LogP contribution in [0, 0.1) is 0 Å². The van der Waals surface area contributed by atoms with Crippen molar-refractivity contribution in [3.05, 3.63) is 43.1 Å². The van der Waals surface area contributed by atoms with E-state index in [1.165, 1.54) is 0 Å². The van der Waals surface area contributed by atoms with Gasteiger partial charge in [-0.05, 0) is 31.4 Å². The van der Waals surface area contributed by atoms with E-state index in [1.54, 1.807) is 29.3 Å². The molecule has 0 aromatic carbocycles. The summed E-state index contributed by atoms with van der Waals surface area (Å²) < 4.78 is 15.8. The number of fused-ring (bicyclic) bond motifs is 2. The van der Waals surface area contributed by atoms with E-state index in [2.05, 4.69) is 30.4 Å². The first-order chi connectivity index (χ1) is 12.7. The van der Waals surface area contributed by atoms with Gasteiger partial charge in [0.15, 0.2) is 5.65 Å². The third-order valence-electron chi connectivity index (χ3n) is 4.87. The largest absolute Gasteiger partial charge is 0.350 e. The van der Waals surface area contributed by atoms with Crippen molar-refractivity contribution in [3.8, 4) is 11.1 Å². The summed E-state index contributed by atoms with van der Waals surface area (Å²) in [7, 11) is 0. The molecule has 26 heavy (non-hydrogen) atoms. The van der Waals surface area contributed by atoms with Crippen molar-refractivity contribution in [3.63, 3.8) is 0 Å². The average Bonchev–Trinajstić information content (AvgIpc) is 3.07. The van der Waals surface area contributed by atoms with Crippen molar-refractivity contribution < 1.29 is 4.39 Å². The van der Waals surface area contributed by atoms with Crippen molar-refractivity contribution in [2.45, 2.75) is 24.9 Å². The normalized spacial score (nSPS) is 15.9. The minimum absolute atomic E-state index is 0.250. The third kappa shape index (κ3) is 2.54. The van der Waals surface area contributed by atoms with Crippen LogP contribution >= 0.6 is 0 Å². The van der Waals surface area contributed by atoms with Gasteiger partial charge in [-0.2, -0.15) is 0 Å². The molecule has 130 valence electrons. The van der Waals surface area contributed by atoms with Gasteiger partial charge in [0.25, 0.3) is 0 Å². The fourth-order valence-corrected chi connectivity index (χ4v) is 3.21. The first-order valence-electron chi connectivity index (χ1n) is 8.55. The van der Waals surface area contributed by atoms with E-state index in [4.69, 9.17) is 0 Å². The summed E-state index contributed by atoms with van der Waals surface area (Å²) in [6, 6.07) is 3.90. The SMILES string of the molecule is FC1(CNc2ncc3c(-c4cnc5nccnc5c4)ccn3n2)CCC1. The lowest BCUT2D eigenvalue weighted by molar-refractivity contribution is 0.0782. The molecule has 0 atom stereocenters. The number of pyridine rings is 1. The zero-order valence-electron chi connectivity index (χ0n) is 13.9. The Kier molecular flexibility index (Phi) is 3.31. The third-order valence-corrected chi connectivity index (χ3v) is 4.87. The quantitative estimate of drug-likeness (QED) is 0.610. The molecule has 0 unspecified atom stereocenters. The number of halogens is 1. The van der Waals surface area contributed by atoms with E-state index >= 15 is 0 Å². The molecule has 4 aromatic rings. The van der Waals surface area contributed by atoms with Gasteiger partial charge in [-0.15, -0.1) is 5.10 Å². The number of alkyl halides is 1. The van der Waals surface area contributed by atoms with Crippen molar-refractivity contribution in [1.82, 2.24) is 29.5 Å². The van der Waals surface area contributed by atoms with Gasteiger partial charge in [0.1, 0.15) is 11.2 Å². The monoisotopic (exact) mass is 349 g/mol. The Labute approximate surface area is 148 Å². The van der Waals surface area contributed by atoms with Crippen LogP contribution in [0.1, 0.15) is 19.3 Å². The van der Waals surface area contributed by atoms with E-state index in [0.29, 0.717) is 24.4 Å². The molecule has 0 radical (unpaired) electrons. The molecule has 4 heterocycles. The molecule has 5 rings (SSSR count). The highest BCUT2D eigenvalue weighted by Crippen LogP contribution is 2.35. The van der Waals surface area contributed by atoms with E-state index in [-0.39, 0.29) is 6.54 Å². The van der Waals surface area contributed by atoms with Crippen LogP contribution in [-0.2, 0) is 0 Å². The number of hydrogen-bond donors (Lipinski definition) is 1. The van der Waals surface area contributed by atoms with Crippen molar-refractivity contribution >= 4 is 22.6 Å². The number of hydrogen-bond acceptors (Lipinski definition) is 6. The summed E-state index contributed by atoms with van der Waals surface area (Å²) in [6.07, 6.45) is 10.8. The molecule has 8 heteroatoms. The number of aromatic nitrogens is 6. The zero-order chi connectivity index (χ0) is 17.6. The van der Waals surface area contributed by atoms with E-state index in [0.717, 1.165) is 28.6 Å². The van der Waals surface area contributed by atoms with E-state index < -0.39 is 5.67 Å². The molecule has 0 amide bonds. The Morgan fingerprint density at radius 3 is 2.85 bits per heavy atom. The molecule has 1 aliphatic carbocycles. The predicted octanol–water partition coefficient (Wildman–Crippen LogP) is 3.04. The van der Waals surface area contributed by atoms with Crippen LogP contribution in [0.15, 0.2) is 43.1 Å². The molecule has 0 saturated heterocycles. The average molecular weight is 349 g/mol. The Balaban J connectivity index is 1.46. The van der Waals surface area contributed by atoms with Crippen LogP contribution < -0.4 is 5.32 Å². The zero-order valence-corrected chi connectivity index (χ0v) is 13.9.